The monoisotopic (exact) mass is 254 g/mol. The van der Waals surface area contributed by atoms with Crippen molar-refractivity contribution in [3.8, 4) is 16.9 Å². The Kier molecular flexibility index (Phi) is 3.68. The highest BCUT2D eigenvalue weighted by Crippen LogP contribution is 2.34. The van der Waals surface area contributed by atoms with E-state index in [2.05, 4.69) is 15.0 Å². The molecule has 0 aliphatic rings. The minimum absolute atomic E-state index is 0.568. The highest BCUT2D eigenvalue weighted by molar-refractivity contribution is 5.77. The summed E-state index contributed by atoms with van der Waals surface area (Å²) in [6.45, 7) is 3.75. The lowest BCUT2D eigenvalue weighted by atomic mass is 10.0. The van der Waals surface area contributed by atoms with Crippen LogP contribution in [0.4, 0.5) is 5.69 Å². The van der Waals surface area contributed by atoms with Crippen LogP contribution in [0.3, 0.4) is 0 Å². The van der Waals surface area contributed by atoms with E-state index in [9.17, 15) is 0 Å². The first-order valence-electron chi connectivity index (χ1n) is 5.83. The molecule has 1 heterocycles. The molecule has 2 rings (SSSR count). The van der Waals surface area contributed by atoms with Gasteiger partial charge in [-0.05, 0) is 48.7 Å². The van der Waals surface area contributed by atoms with E-state index >= 15 is 0 Å². The van der Waals surface area contributed by atoms with Crippen molar-refractivity contribution in [3.63, 3.8) is 0 Å². The van der Waals surface area contributed by atoms with Gasteiger partial charge in [-0.15, -0.1) is 0 Å². The normalized spacial score (nSPS) is 9.84. The summed E-state index contributed by atoms with van der Waals surface area (Å²) < 4.78 is 5.14. The number of hydrogen-bond donors (Lipinski definition) is 0. The SMILES string of the molecule is COc1ccc(-c2cc(C)nc(C)c2N=[N+]=[N-])cc1. The highest BCUT2D eigenvalue weighted by Gasteiger charge is 2.09. The molecule has 0 aliphatic carbocycles. The Hall–Kier alpha value is -2.52. The van der Waals surface area contributed by atoms with Crippen LogP contribution < -0.4 is 4.74 Å². The van der Waals surface area contributed by atoms with E-state index < -0.39 is 0 Å². The van der Waals surface area contributed by atoms with Crippen LogP contribution in [0.15, 0.2) is 35.4 Å². The van der Waals surface area contributed by atoms with Gasteiger partial charge in [0.1, 0.15) is 5.75 Å². The minimum Gasteiger partial charge on any atom is -0.497 e. The lowest BCUT2D eigenvalue weighted by Gasteiger charge is -2.10. The number of methoxy groups -OCH3 is 1. The molecule has 5 heteroatoms. The third kappa shape index (κ3) is 2.67. The Morgan fingerprint density at radius 3 is 2.47 bits per heavy atom. The summed E-state index contributed by atoms with van der Waals surface area (Å²) in [7, 11) is 1.63. The van der Waals surface area contributed by atoms with E-state index in [0.717, 1.165) is 28.3 Å². The van der Waals surface area contributed by atoms with Gasteiger partial charge in [0.15, 0.2) is 0 Å². The fraction of sp³-hybridized carbons (Fsp3) is 0.214. The number of hydrogen-bond acceptors (Lipinski definition) is 3. The summed E-state index contributed by atoms with van der Waals surface area (Å²) in [5, 5.41) is 3.75. The van der Waals surface area contributed by atoms with Gasteiger partial charge in [-0.25, -0.2) is 0 Å². The molecule has 0 fully saturated rings. The van der Waals surface area contributed by atoms with Gasteiger partial charge in [0.25, 0.3) is 0 Å². The Balaban J connectivity index is 2.62. The van der Waals surface area contributed by atoms with Gasteiger partial charge in [-0.1, -0.05) is 17.2 Å². The number of aromatic nitrogens is 1. The van der Waals surface area contributed by atoms with Crippen LogP contribution in [0.5, 0.6) is 5.75 Å². The molecule has 19 heavy (non-hydrogen) atoms. The molecule has 96 valence electrons. The second kappa shape index (κ2) is 5.42. The predicted octanol–water partition coefficient (Wildman–Crippen LogP) is 4.32. The number of aryl methyl sites for hydroxylation is 2. The van der Waals surface area contributed by atoms with Crippen molar-refractivity contribution in [1.82, 2.24) is 4.98 Å². The van der Waals surface area contributed by atoms with Crippen LogP contribution in [0, 0.1) is 13.8 Å². The first-order valence-corrected chi connectivity index (χ1v) is 5.83. The first kappa shape index (κ1) is 12.9. The molecule has 0 radical (unpaired) electrons. The molecule has 5 nitrogen and oxygen atoms in total. The van der Waals surface area contributed by atoms with E-state index in [1.165, 1.54) is 0 Å². The van der Waals surface area contributed by atoms with Crippen LogP contribution in [0.25, 0.3) is 21.6 Å². The zero-order chi connectivity index (χ0) is 13.8. The number of pyridine rings is 1. The second-order valence-electron chi connectivity index (χ2n) is 4.16. The molecule has 1 aromatic carbocycles. The van der Waals surface area contributed by atoms with Crippen LogP contribution in [0.2, 0.25) is 0 Å². The first-order chi connectivity index (χ1) is 9.15. The molecule has 0 atom stereocenters. The van der Waals surface area contributed by atoms with Gasteiger partial charge in [0, 0.05) is 16.3 Å². The largest absolute Gasteiger partial charge is 0.497 e. The summed E-state index contributed by atoms with van der Waals surface area (Å²) in [4.78, 5) is 7.20. The molecular formula is C14H14N4O. The molecule has 1 aromatic heterocycles. The fourth-order valence-electron chi connectivity index (χ4n) is 1.98. The van der Waals surface area contributed by atoms with E-state index in [1.807, 2.05) is 44.2 Å². The average molecular weight is 254 g/mol. The molecule has 0 aliphatic heterocycles. The molecule has 0 N–H and O–H groups in total. The molecule has 0 saturated heterocycles. The van der Waals surface area contributed by atoms with Crippen molar-refractivity contribution in [2.24, 2.45) is 5.11 Å². The number of benzene rings is 1. The Labute approximate surface area is 111 Å². The summed E-state index contributed by atoms with van der Waals surface area (Å²) in [5.74, 6) is 0.789. The second-order valence-corrected chi connectivity index (χ2v) is 4.16. The standard InChI is InChI=1S/C14H14N4O/c1-9-8-13(14(17-18-15)10(2)16-9)11-4-6-12(19-3)7-5-11/h4-8H,1-3H3. The van der Waals surface area contributed by atoms with Gasteiger partial charge in [-0.2, -0.15) is 0 Å². The molecule has 0 spiro atoms. The third-order valence-corrected chi connectivity index (χ3v) is 2.84. The summed E-state index contributed by atoms with van der Waals surface area (Å²) in [5.41, 5.74) is 12.7. The van der Waals surface area contributed by atoms with Gasteiger partial charge >= 0.3 is 0 Å². The maximum absolute atomic E-state index is 8.68. The Bertz CT molecular complexity index is 643. The quantitative estimate of drug-likeness (QED) is 0.465. The highest BCUT2D eigenvalue weighted by atomic mass is 16.5. The fourth-order valence-corrected chi connectivity index (χ4v) is 1.98. The summed E-state index contributed by atoms with van der Waals surface area (Å²) in [6.07, 6.45) is 0. The number of ether oxygens (including phenoxy) is 1. The lowest BCUT2D eigenvalue weighted by molar-refractivity contribution is 0.415. The van der Waals surface area contributed by atoms with Crippen LogP contribution in [0.1, 0.15) is 11.4 Å². The third-order valence-electron chi connectivity index (χ3n) is 2.84. The smallest absolute Gasteiger partial charge is 0.118 e. The van der Waals surface area contributed by atoms with Crippen molar-refractivity contribution in [1.29, 1.82) is 0 Å². The topological polar surface area (TPSA) is 70.9 Å². The van der Waals surface area contributed by atoms with Crippen LogP contribution in [-0.4, -0.2) is 12.1 Å². The number of rotatable bonds is 3. The predicted molar refractivity (Wildman–Crippen MR) is 74.5 cm³/mol. The van der Waals surface area contributed by atoms with E-state index in [1.54, 1.807) is 7.11 Å². The van der Waals surface area contributed by atoms with Gasteiger partial charge in [0.2, 0.25) is 0 Å². The Morgan fingerprint density at radius 2 is 1.89 bits per heavy atom. The molecular weight excluding hydrogens is 240 g/mol. The van der Waals surface area contributed by atoms with Crippen LogP contribution in [-0.2, 0) is 0 Å². The Morgan fingerprint density at radius 1 is 1.21 bits per heavy atom. The minimum atomic E-state index is 0.568. The van der Waals surface area contributed by atoms with E-state index in [-0.39, 0.29) is 0 Å². The lowest BCUT2D eigenvalue weighted by Crippen LogP contribution is -1.90. The van der Waals surface area contributed by atoms with Gasteiger partial charge in [-0.3, -0.25) is 4.98 Å². The molecule has 0 saturated carbocycles. The molecule has 0 amide bonds. The maximum Gasteiger partial charge on any atom is 0.118 e. The van der Waals surface area contributed by atoms with E-state index in [4.69, 9.17) is 10.3 Å². The maximum atomic E-state index is 8.68. The molecule has 2 aromatic rings. The number of azide groups is 1. The average Bonchev–Trinajstić information content (AvgIpc) is 2.42. The zero-order valence-corrected chi connectivity index (χ0v) is 11.1. The molecule has 0 unspecified atom stereocenters. The van der Waals surface area contributed by atoms with E-state index in [0.29, 0.717) is 5.69 Å². The molecule has 0 bridgehead atoms. The van der Waals surface area contributed by atoms with Gasteiger partial charge in [0.05, 0.1) is 12.8 Å². The van der Waals surface area contributed by atoms with Crippen LogP contribution >= 0.6 is 0 Å². The van der Waals surface area contributed by atoms with Crippen molar-refractivity contribution >= 4 is 5.69 Å². The summed E-state index contributed by atoms with van der Waals surface area (Å²) >= 11 is 0. The van der Waals surface area contributed by atoms with Crippen molar-refractivity contribution in [2.45, 2.75) is 13.8 Å². The van der Waals surface area contributed by atoms with Crippen molar-refractivity contribution in [3.05, 3.63) is 52.2 Å². The number of nitrogens with zero attached hydrogens (tertiary/aromatic N) is 4. The zero-order valence-electron chi connectivity index (χ0n) is 11.1. The summed E-state index contributed by atoms with van der Waals surface area (Å²) in [6, 6.07) is 9.53. The van der Waals surface area contributed by atoms with Crippen molar-refractivity contribution in [2.75, 3.05) is 7.11 Å². The van der Waals surface area contributed by atoms with Gasteiger partial charge < -0.3 is 4.74 Å². The van der Waals surface area contributed by atoms with Crippen molar-refractivity contribution < 1.29 is 4.74 Å².